The third-order valence-electron chi connectivity index (χ3n) is 4.01. The summed E-state index contributed by atoms with van der Waals surface area (Å²) >= 11 is 0. The number of imidazole rings is 1. The summed E-state index contributed by atoms with van der Waals surface area (Å²) in [7, 11) is 1.66. The van der Waals surface area contributed by atoms with Gasteiger partial charge in [-0.3, -0.25) is 9.20 Å². The first-order chi connectivity index (χ1) is 11.3. The Hall–Kier alpha value is -3.14. The molecule has 23 heavy (non-hydrogen) atoms. The predicted molar refractivity (Wildman–Crippen MR) is 90.1 cm³/mol. The molecule has 0 spiro atoms. The molecule has 0 fully saturated rings. The Morgan fingerprint density at radius 2 is 1.87 bits per heavy atom. The van der Waals surface area contributed by atoms with Gasteiger partial charge in [-0.2, -0.15) is 0 Å². The van der Waals surface area contributed by atoms with Crippen LogP contribution in [0.2, 0.25) is 0 Å². The second kappa shape index (κ2) is 5.25. The maximum Gasteiger partial charge on any atom is 0.150 e. The predicted octanol–water partition coefficient (Wildman–Crippen LogP) is 3.98. The third-order valence-corrected chi connectivity index (χ3v) is 4.01. The molecule has 112 valence electrons. The SMILES string of the molecule is COc1cc2nc(-c3ccccc3C=O)cn2c2ccccc12. The standard InChI is InChI=1S/C19H14N2O2/c1-23-18-10-19-20-16(14-7-3-2-6-13(14)12-22)11-21(19)17-9-5-4-8-15(17)18/h2-12H,1H3. The number of aromatic nitrogens is 2. The molecule has 0 saturated carbocycles. The van der Waals surface area contributed by atoms with Crippen LogP contribution in [-0.2, 0) is 0 Å². The number of hydrogen-bond donors (Lipinski definition) is 0. The molecule has 0 aliphatic carbocycles. The number of aldehydes is 1. The van der Waals surface area contributed by atoms with E-state index in [9.17, 15) is 4.79 Å². The molecular formula is C19H14N2O2. The van der Waals surface area contributed by atoms with E-state index in [-0.39, 0.29) is 0 Å². The van der Waals surface area contributed by atoms with Crippen molar-refractivity contribution in [3.05, 3.63) is 66.4 Å². The fourth-order valence-corrected chi connectivity index (χ4v) is 2.91. The first-order valence-corrected chi connectivity index (χ1v) is 7.31. The van der Waals surface area contributed by atoms with Gasteiger partial charge in [-0.15, -0.1) is 0 Å². The van der Waals surface area contributed by atoms with Gasteiger partial charge in [-0.05, 0) is 12.1 Å². The minimum atomic E-state index is 0.632. The Balaban J connectivity index is 2.05. The minimum absolute atomic E-state index is 0.632. The smallest absolute Gasteiger partial charge is 0.150 e. The number of methoxy groups -OCH3 is 1. The highest BCUT2D eigenvalue weighted by atomic mass is 16.5. The molecule has 4 nitrogen and oxygen atoms in total. The molecule has 2 aromatic carbocycles. The van der Waals surface area contributed by atoms with E-state index in [2.05, 4.69) is 4.98 Å². The van der Waals surface area contributed by atoms with Gasteiger partial charge in [0.05, 0.1) is 18.3 Å². The number of pyridine rings is 1. The topological polar surface area (TPSA) is 43.6 Å². The van der Waals surface area contributed by atoms with Crippen LogP contribution in [0.25, 0.3) is 27.8 Å². The summed E-state index contributed by atoms with van der Waals surface area (Å²) in [6.07, 6.45) is 2.82. The molecule has 4 aromatic rings. The van der Waals surface area contributed by atoms with Gasteiger partial charge in [0.2, 0.25) is 0 Å². The molecule has 0 aliphatic heterocycles. The van der Waals surface area contributed by atoms with E-state index in [1.165, 1.54) is 0 Å². The molecule has 4 rings (SSSR count). The highest BCUT2D eigenvalue weighted by Crippen LogP contribution is 2.30. The van der Waals surface area contributed by atoms with E-state index < -0.39 is 0 Å². The number of hydrogen-bond acceptors (Lipinski definition) is 3. The Kier molecular flexibility index (Phi) is 3.08. The maximum atomic E-state index is 11.3. The number of rotatable bonds is 3. The fourth-order valence-electron chi connectivity index (χ4n) is 2.91. The number of para-hydroxylation sites is 1. The molecule has 0 atom stereocenters. The lowest BCUT2D eigenvalue weighted by Crippen LogP contribution is -1.91. The summed E-state index contributed by atoms with van der Waals surface area (Å²) in [6.45, 7) is 0. The van der Waals surface area contributed by atoms with Crippen molar-refractivity contribution in [1.82, 2.24) is 9.38 Å². The van der Waals surface area contributed by atoms with Gasteiger partial charge in [-0.25, -0.2) is 4.98 Å². The van der Waals surface area contributed by atoms with E-state index in [1.807, 2.05) is 59.1 Å². The van der Waals surface area contributed by atoms with Crippen molar-refractivity contribution in [3.8, 4) is 17.0 Å². The molecule has 0 bridgehead atoms. The van der Waals surface area contributed by atoms with Crippen molar-refractivity contribution >= 4 is 22.8 Å². The summed E-state index contributed by atoms with van der Waals surface area (Å²) < 4.78 is 7.51. The third kappa shape index (κ3) is 2.07. The summed E-state index contributed by atoms with van der Waals surface area (Å²) in [5.41, 5.74) is 4.04. The monoisotopic (exact) mass is 302 g/mol. The zero-order valence-corrected chi connectivity index (χ0v) is 12.6. The van der Waals surface area contributed by atoms with E-state index in [0.29, 0.717) is 5.56 Å². The molecule has 0 N–H and O–H groups in total. The lowest BCUT2D eigenvalue weighted by Gasteiger charge is -2.07. The van der Waals surface area contributed by atoms with Crippen LogP contribution in [0.1, 0.15) is 10.4 Å². The van der Waals surface area contributed by atoms with Gasteiger partial charge in [0.15, 0.2) is 6.29 Å². The number of carbonyl (C=O) groups excluding carboxylic acids is 1. The van der Waals surface area contributed by atoms with Crippen molar-refractivity contribution in [2.45, 2.75) is 0 Å². The number of carbonyl (C=O) groups is 1. The van der Waals surface area contributed by atoms with Crippen molar-refractivity contribution < 1.29 is 9.53 Å². The second-order valence-corrected chi connectivity index (χ2v) is 5.29. The zero-order chi connectivity index (χ0) is 15.8. The average molecular weight is 302 g/mol. The molecule has 0 amide bonds. The largest absolute Gasteiger partial charge is 0.496 e. The van der Waals surface area contributed by atoms with Crippen LogP contribution in [0.15, 0.2) is 60.8 Å². The Morgan fingerprint density at radius 3 is 2.70 bits per heavy atom. The van der Waals surface area contributed by atoms with Crippen LogP contribution in [-0.4, -0.2) is 22.8 Å². The van der Waals surface area contributed by atoms with Crippen LogP contribution in [0.5, 0.6) is 5.75 Å². The van der Waals surface area contributed by atoms with Gasteiger partial charge in [0.25, 0.3) is 0 Å². The first-order valence-electron chi connectivity index (χ1n) is 7.31. The summed E-state index contributed by atoms with van der Waals surface area (Å²) in [5.74, 6) is 0.786. The van der Waals surface area contributed by atoms with Crippen molar-refractivity contribution in [3.63, 3.8) is 0 Å². The van der Waals surface area contributed by atoms with Crippen molar-refractivity contribution in [2.75, 3.05) is 7.11 Å². The molecule has 0 aliphatic rings. The van der Waals surface area contributed by atoms with Gasteiger partial charge < -0.3 is 4.74 Å². The molecular weight excluding hydrogens is 288 g/mol. The van der Waals surface area contributed by atoms with Crippen LogP contribution in [0.4, 0.5) is 0 Å². The zero-order valence-electron chi connectivity index (χ0n) is 12.6. The van der Waals surface area contributed by atoms with Crippen LogP contribution >= 0.6 is 0 Å². The number of fused-ring (bicyclic) bond motifs is 3. The minimum Gasteiger partial charge on any atom is -0.496 e. The number of ether oxygens (including phenoxy) is 1. The van der Waals surface area contributed by atoms with Crippen molar-refractivity contribution in [2.24, 2.45) is 0 Å². The highest BCUT2D eigenvalue weighted by molar-refractivity contribution is 5.90. The van der Waals surface area contributed by atoms with E-state index in [4.69, 9.17) is 4.74 Å². The molecule has 0 radical (unpaired) electrons. The van der Waals surface area contributed by atoms with E-state index in [1.54, 1.807) is 13.2 Å². The van der Waals surface area contributed by atoms with E-state index in [0.717, 1.165) is 39.8 Å². The Labute approximate surface area is 133 Å². The van der Waals surface area contributed by atoms with Gasteiger partial charge in [0.1, 0.15) is 11.4 Å². The first kappa shape index (κ1) is 13.5. The normalized spacial score (nSPS) is 11.0. The molecule has 4 heteroatoms. The molecule has 0 saturated heterocycles. The Morgan fingerprint density at radius 1 is 1.09 bits per heavy atom. The Bertz CT molecular complexity index is 1030. The summed E-state index contributed by atoms with van der Waals surface area (Å²) in [5, 5.41) is 1.02. The summed E-state index contributed by atoms with van der Waals surface area (Å²) in [6, 6.07) is 17.4. The van der Waals surface area contributed by atoms with Crippen LogP contribution in [0, 0.1) is 0 Å². The number of nitrogens with zero attached hydrogens (tertiary/aromatic N) is 2. The van der Waals surface area contributed by atoms with Crippen molar-refractivity contribution in [1.29, 1.82) is 0 Å². The number of benzene rings is 2. The second-order valence-electron chi connectivity index (χ2n) is 5.29. The molecule has 2 heterocycles. The van der Waals surface area contributed by atoms with Gasteiger partial charge >= 0.3 is 0 Å². The molecule has 0 unspecified atom stereocenters. The lowest BCUT2D eigenvalue weighted by molar-refractivity contribution is 0.112. The van der Waals surface area contributed by atoms with E-state index >= 15 is 0 Å². The molecule has 2 aromatic heterocycles. The van der Waals surface area contributed by atoms with Crippen LogP contribution < -0.4 is 4.74 Å². The highest BCUT2D eigenvalue weighted by Gasteiger charge is 2.12. The lowest BCUT2D eigenvalue weighted by atomic mass is 10.1. The van der Waals surface area contributed by atoms with Gasteiger partial charge in [-0.1, -0.05) is 36.4 Å². The quantitative estimate of drug-likeness (QED) is 0.538. The average Bonchev–Trinajstić information content (AvgIpc) is 3.05. The van der Waals surface area contributed by atoms with Gasteiger partial charge in [0, 0.05) is 28.8 Å². The summed E-state index contributed by atoms with van der Waals surface area (Å²) in [4.78, 5) is 15.9. The fraction of sp³-hybridized carbons (Fsp3) is 0.0526. The van der Waals surface area contributed by atoms with Crippen LogP contribution in [0.3, 0.4) is 0 Å². The maximum absolute atomic E-state index is 11.3.